The van der Waals surface area contributed by atoms with Crippen LogP contribution < -0.4 is 0 Å². The number of hydrogen-bond acceptors (Lipinski definition) is 3. The van der Waals surface area contributed by atoms with E-state index in [0.29, 0.717) is 11.6 Å². The van der Waals surface area contributed by atoms with Gasteiger partial charge in [-0.1, -0.05) is 0 Å². The van der Waals surface area contributed by atoms with Crippen LogP contribution >= 0.6 is 12.6 Å². The molecule has 1 aromatic heterocycles. The lowest BCUT2D eigenvalue weighted by Crippen LogP contribution is -1.86. The molecule has 0 atom stereocenters. The molecule has 0 aromatic carbocycles. The SMILES string of the molecule is FC(F)c1n[nH]c(CS)n1. The summed E-state index contributed by atoms with van der Waals surface area (Å²) in [6.07, 6.45) is -2.61. The van der Waals surface area contributed by atoms with Crippen molar-refractivity contribution in [2.45, 2.75) is 12.2 Å². The summed E-state index contributed by atoms with van der Waals surface area (Å²) in [4.78, 5) is 3.44. The fourth-order valence-corrected chi connectivity index (χ4v) is 0.620. The number of hydrogen-bond donors (Lipinski definition) is 2. The second-order valence-electron chi connectivity index (χ2n) is 1.60. The van der Waals surface area contributed by atoms with Gasteiger partial charge in [0, 0.05) is 0 Å². The smallest absolute Gasteiger partial charge is 0.262 e. The molecule has 1 N–H and O–H groups in total. The quantitative estimate of drug-likeness (QED) is 0.646. The second-order valence-corrected chi connectivity index (χ2v) is 1.92. The van der Waals surface area contributed by atoms with Crippen LogP contribution in [0.2, 0.25) is 0 Å². The topological polar surface area (TPSA) is 41.6 Å². The Morgan fingerprint density at radius 2 is 2.30 bits per heavy atom. The first-order valence-electron chi connectivity index (χ1n) is 2.54. The minimum absolute atomic E-state index is 0.291. The third-order valence-electron chi connectivity index (χ3n) is 0.894. The third kappa shape index (κ3) is 1.44. The molecule has 0 saturated heterocycles. The molecule has 0 saturated carbocycles. The predicted octanol–water partition coefficient (Wildman–Crippen LogP) is 1.17. The van der Waals surface area contributed by atoms with Gasteiger partial charge in [-0.3, -0.25) is 5.10 Å². The molecular weight excluding hydrogens is 160 g/mol. The zero-order chi connectivity index (χ0) is 7.56. The minimum Gasteiger partial charge on any atom is -0.262 e. The number of nitrogens with zero attached hydrogens (tertiary/aromatic N) is 2. The molecule has 3 nitrogen and oxygen atoms in total. The van der Waals surface area contributed by atoms with Crippen LogP contribution in [0.1, 0.15) is 18.1 Å². The van der Waals surface area contributed by atoms with Crippen molar-refractivity contribution in [3.63, 3.8) is 0 Å². The van der Waals surface area contributed by atoms with Crippen LogP contribution in [0.5, 0.6) is 0 Å². The molecule has 10 heavy (non-hydrogen) atoms. The average molecular weight is 165 g/mol. The maximum Gasteiger partial charge on any atom is 0.299 e. The Morgan fingerprint density at radius 3 is 2.60 bits per heavy atom. The highest BCUT2D eigenvalue weighted by Crippen LogP contribution is 2.13. The maximum atomic E-state index is 11.7. The van der Waals surface area contributed by atoms with Crippen molar-refractivity contribution in [3.8, 4) is 0 Å². The van der Waals surface area contributed by atoms with E-state index in [-0.39, 0.29) is 0 Å². The second kappa shape index (κ2) is 2.96. The lowest BCUT2D eigenvalue weighted by molar-refractivity contribution is 0.140. The standard InChI is InChI=1S/C4H5F2N3S/c5-3(6)4-7-2(1-10)8-9-4/h3,10H,1H2,(H,7,8,9). The van der Waals surface area contributed by atoms with Gasteiger partial charge in [0.1, 0.15) is 5.82 Å². The summed E-state index contributed by atoms with van der Waals surface area (Å²) in [5.74, 6) is 0.183. The van der Waals surface area contributed by atoms with Crippen LogP contribution in [-0.2, 0) is 5.75 Å². The monoisotopic (exact) mass is 165 g/mol. The average Bonchev–Trinajstić information content (AvgIpc) is 2.34. The molecule has 0 spiro atoms. The summed E-state index contributed by atoms with van der Waals surface area (Å²) in [7, 11) is 0. The number of rotatable bonds is 2. The molecule has 0 aliphatic rings. The van der Waals surface area contributed by atoms with Crippen LogP contribution in [-0.4, -0.2) is 15.2 Å². The number of thiol groups is 1. The Morgan fingerprint density at radius 1 is 1.60 bits per heavy atom. The molecule has 0 fully saturated rings. The number of alkyl halides is 2. The Labute approximate surface area is 61.3 Å². The first kappa shape index (κ1) is 7.46. The van der Waals surface area contributed by atoms with E-state index in [1.807, 2.05) is 0 Å². The lowest BCUT2D eigenvalue weighted by Gasteiger charge is -1.85. The molecule has 56 valence electrons. The van der Waals surface area contributed by atoms with Crippen molar-refractivity contribution < 1.29 is 8.78 Å². The molecule has 0 bridgehead atoms. The van der Waals surface area contributed by atoms with E-state index in [4.69, 9.17) is 0 Å². The molecule has 0 amide bonds. The zero-order valence-corrected chi connectivity index (χ0v) is 5.78. The Kier molecular flexibility index (Phi) is 2.21. The number of aromatic amines is 1. The van der Waals surface area contributed by atoms with Gasteiger partial charge in [-0.05, 0) is 0 Å². The van der Waals surface area contributed by atoms with Gasteiger partial charge >= 0.3 is 0 Å². The van der Waals surface area contributed by atoms with Crippen molar-refractivity contribution in [2.75, 3.05) is 0 Å². The van der Waals surface area contributed by atoms with Gasteiger partial charge in [0.05, 0.1) is 5.75 Å². The molecule has 0 unspecified atom stereocenters. The fourth-order valence-electron chi connectivity index (χ4n) is 0.478. The summed E-state index contributed by atoms with van der Waals surface area (Å²) < 4.78 is 23.5. The van der Waals surface area contributed by atoms with E-state index in [1.54, 1.807) is 0 Å². The predicted molar refractivity (Wildman–Crippen MR) is 34.0 cm³/mol. The summed E-state index contributed by atoms with van der Waals surface area (Å²) in [6.45, 7) is 0. The van der Waals surface area contributed by atoms with Gasteiger partial charge in [0.25, 0.3) is 6.43 Å². The van der Waals surface area contributed by atoms with Crippen LogP contribution in [0, 0.1) is 0 Å². The molecule has 0 aliphatic heterocycles. The normalized spacial score (nSPS) is 10.8. The highest BCUT2D eigenvalue weighted by molar-refractivity contribution is 7.79. The van der Waals surface area contributed by atoms with Crippen LogP contribution in [0.4, 0.5) is 8.78 Å². The number of nitrogens with one attached hydrogen (secondary N) is 1. The van der Waals surface area contributed by atoms with Gasteiger partial charge in [0.2, 0.25) is 5.82 Å². The van der Waals surface area contributed by atoms with Crippen LogP contribution in [0.25, 0.3) is 0 Å². The van der Waals surface area contributed by atoms with Crippen LogP contribution in [0.15, 0.2) is 0 Å². The van der Waals surface area contributed by atoms with E-state index < -0.39 is 12.2 Å². The van der Waals surface area contributed by atoms with Crippen molar-refractivity contribution >= 4 is 12.6 Å². The van der Waals surface area contributed by atoms with Gasteiger partial charge in [-0.2, -0.15) is 17.7 Å². The van der Waals surface area contributed by atoms with Gasteiger partial charge in [-0.25, -0.2) is 13.8 Å². The molecule has 0 aliphatic carbocycles. The molecule has 1 heterocycles. The van der Waals surface area contributed by atoms with Crippen LogP contribution in [0.3, 0.4) is 0 Å². The van der Waals surface area contributed by atoms with E-state index >= 15 is 0 Å². The largest absolute Gasteiger partial charge is 0.299 e. The molecule has 1 rings (SSSR count). The highest BCUT2D eigenvalue weighted by atomic mass is 32.1. The molecule has 1 aromatic rings. The Balaban J connectivity index is 2.78. The van der Waals surface area contributed by atoms with Gasteiger partial charge in [0.15, 0.2) is 0 Å². The molecule has 0 radical (unpaired) electrons. The van der Waals surface area contributed by atoms with E-state index in [0.717, 1.165) is 0 Å². The van der Waals surface area contributed by atoms with Crippen molar-refractivity contribution in [2.24, 2.45) is 0 Å². The van der Waals surface area contributed by atoms with E-state index in [2.05, 4.69) is 27.8 Å². The summed E-state index contributed by atoms with van der Waals surface area (Å²) in [5.41, 5.74) is 0. The van der Waals surface area contributed by atoms with Crippen molar-refractivity contribution in [1.82, 2.24) is 15.2 Å². The minimum atomic E-state index is -2.61. The number of aromatic nitrogens is 3. The molecular formula is C4H5F2N3S. The third-order valence-corrected chi connectivity index (χ3v) is 1.19. The van der Waals surface area contributed by atoms with E-state index in [9.17, 15) is 8.78 Å². The van der Waals surface area contributed by atoms with E-state index in [1.165, 1.54) is 0 Å². The van der Waals surface area contributed by atoms with Gasteiger partial charge < -0.3 is 0 Å². The first-order chi connectivity index (χ1) is 4.74. The Hall–Kier alpha value is -0.650. The first-order valence-corrected chi connectivity index (χ1v) is 3.17. The maximum absolute atomic E-state index is 11.7. The number of halogens is 2. The fraction of sp³-hybridized carbons (Fsp3) is 0.500. The highest BCUT2D eigenvalue weighted by Gasteiger charge is 2.12. The van der Waals surface area contributed by atoms with Crippen molar-refractivity contribution in [1.29, 1.82) is 0 Å². The Bertz CT molecular complexity index is 212. The summed E-state index contributed by atoms with van der Waals surface area (Å²) >= 11 is 3.81. The lowest BCUT2D eigenvalue weighted by atomic mass is 10.6. The number of H-pyrrole nitrogens is 1. The van der Waals surface area contributed by atoms with Crippen molar-refractivity contribution in [3.05, 3.63) is 11.6 Å². The van der Waals surface area contributed by atoms with Gasteiger partial charge in [-0.15, -0.1) is 0 Å². The summed E-state index contributed by atoms with van der Waals surface area (Å²) in [6, 6.07) is 0. The zero-order valence-electron chi connectivity index (χ0n) is 4.88. The molecule has 6 heteroatoms. The summed E-state index contributed by atoms with van der Waals surface area (Å²) in [5, 5.41) is 5.57.